The average molecular weight is 266 g/mol. The van der Waals surface area contributed by atoms with Gasteiger partial charge in [-0.15, -0.1) is 0 Å². The largest absolute Gasteiger partial charge is 0.354 e. The minimum absolute atomic E-state index is 0.105. The second-order valence-electron chi connectivity index (χ2n) is 4.69. The lowest BCUT2D eigenvalue weighted by atomic mass is 10.1. The quantitative estimate of drug-likeness (QED) is 0.829. The van der Waals surface area contributed by atoms with Crippen molar-refractivity contribution in [2.45, 2.75) is 19.9 Å². The molecular formula is C14H22N2OS. The van der Waals surface area contributed by atoms with Crippen molar-refractivity contribution in [3.8, 4) is 0 Å². The first-order valence-electron chi connectivity index (χ1n) is 6.13. The highest BCUT2D eigenvalue weighted by Crippen LogP contribution is 2.11. The number of hydrogen-bond acceptors (Lipinski definition) is 3. The van der Waals surface area contributed by atoms with Crippen LogP contribution in [-0.2, 0) is 4.79 Å². The fraction of sp³-hybridized carbons (Fsp3) is 0.500. The summed E-state index contributed by atoms with van der Waals surface area (Å²) in [5.74, 6) is 1.40. The van der Waals surface area contributed by atoms with Gasteiger partial charge in [-0.2, -0.15) is 11.8 Å². The van der Waals surface area contributed by atoms with E-state index >= 15 is 0 Å². The molecule has 0 spiro atoms. The Labute approximate surface area is 114 Å². The van der Waals surface area contributed by atoms with Gasteiger partial charge in [0, 0.05) is 6.54 Å². The van der Waals surface area contributed by atoms with E-state index in [0.29, 0.717) is 12.5 Å². The number of carbonyl (C=O) groups excluding carboxylic acids is 1. The highest BCUT2D eigenvalue weighted by atomic mass is 32.2. The van der Waals surface area contributed by atoms with Gasteiger partial charge in [0.1, 0.15) is 6.04 Å². The van der Waals surface area contributed by atoms with E-state index in [1.54, 1.807) is 11.8 Å². The normalized spacial score (nSPS) is 14.0. The molecule has 0 heterocycles. The van der Waals surface area contributed by atoms with Crippen molar-refractivity contribution < 1.29 is 4.79 Å². The smallest absolute Gasteiger partial charge is 0.241 e. The summed E-state index contributed by atoms with van der Waals surface area (Å²) in [4.78, 5) is 11.9. The molecule has 0 aliphatic carbocycles. The molecule has 1 aromatic carbocycles. The Morgan fingerprint density at radius 3 is 2.56 bits per heavy atom. The summed E-state index contributed by atoms with van der Waals surface area (Å²) >= 11 is 1.79. The molecule has 3 N–H and O–H groups in total. The summed E-state index contributed by atoms with van der Waals surface area (Å²) in [7, 11) is 0. The number of nitrogens with one attached hydrogen (secondary N) is 1. The Balaban J connectivity index is 2.48. The van der Waals surface area contributed by atoms with Crippen molar-refractivity contribution in [1.82, 2.24) is 5.32 Å². The van der Waals surface area contributed by atoms with E-state index < -0.39 is 6.04 Å². The molecular weight excluding hydrogens is 244 g/mol. The van der Waals surface area contributed by atoms with Gasteiger partial charge in [0.2, 0.25) is 5.91 Å². The van der Waals surface area contributed by atoms with Gasteiger partial charge in [0.15, 0.2) is 0 Å². The molecule has 1 rings (SSSR count). The van der Waals surface area contributed by atoms with E-state index in [4.69, 9.17) is 5.73 Å². The van der Waals surface area contributed by atoms with Crippen molar-refractivity contribution in [2.75, 3.05) is 18.6 Å². The average Bonchev–Trinajstić information content (AvgIpc) is 2.36. The lowest BCUT2D eigenvalue weighted by molar-refractivity contribution is -0.122. The summed E-state index contributed by atoms with van der Waals surface area (Å²) in [6, 6.07) is 7.18. The maximum Gasteiger partial charge on any atom is 0.241 e. The maximum absolute atomic E-state index is 11.9. The molecule has 3 nitrogen and oxygen atoms in total. The molecule has 0 saturated heterocycles. The van der Waals surface area contributed by atoms with Crippen LogP contribution in [0.5, 0.6) is 0 Å². The summed E-state index contributed by atoms with van der Waals surface area (Å²) < 4.78 is 0. The van der Waals surface area contributed by atoms with E-state index in [1.807, 2.05) is 31.2 Å². The molecule has 18 heavy (non-hydrogen) atoms. The summed E-state index contributed by atoms with van der Waals surface area (Å²) in [5, 5.41) is 2.90. The number of hydrogen-bond donors (Lipinski definition) is 2. The number of rotatable bonds is 6. The maximum atomic E-state index is 11.9. The van der Waals surface area contributed by atoms with Gasteiger partial charge in [-0.1, -0.05) is 36.8 Å². The monoisotopic (exact) mass is 266 g/mol. The van der Waals surface area contributed by atoms with Gasteiger partial charge < -0.3 is 11.1 Å². The molecule has 1 amide bonds. The van der Waals surface area contributed by atoms with Crippen LogP contribution in [0.4, 0.5) is 0 Å². The Hall–Kier alpha value is -1.00. The topological polar surface area (TPSA) is 55.1 Å². The molecule has 0 saturated carbocycles. The van der Waals surface area contributed by atoms with Crippen LogP contribution in [0.15, 0.2) is 24.3 Å². The van der Waals surface area contributed by atoms with E-state index in [1.165, 1.54) is 5.56 Å². The number of aryl methyl sites for hydroxylation is 1. The van der Waals surface area contributed by atoms with Crippen molar-refractivity contribution in [3.63, 3.8) is 0 Å². The minimum atomic E-state index is -0.577. The van der Waals surface area contributed by atoms with Crippen molar-refractivity contribution in [2.24, 2.45) is 11.7 Å². The number of carbonyl (C=O) groups is 1. The van der Waals surface area contributed by atoms with Crippen LogP contribution in [0.3, 0.4) is 0 Å². The predicted molar refractivity (Wildman–Crippen MR) is 78.7 cm³/mol. The predicted octanol–water partition coefficient (Wildman–Crippen LogP) is 2.11. The van der Waals surface area contributed by atoms with E-state index in [0.717, 1.165) is 11.3 Å². The summed E-state index contributed by atoms with van der Waals surface area (Å²) in [5.41, 5.74) is 7.96. The SMILES string of the molecule is CSCC(C)CNC(=O)C(N)c1ccc(C)cc1. The number of thioether (sulfide) groups is 1. The van der Waals surface area contributed by atoms with Gasteiger partial charge in [0.05, 0.1) is 0 Å². The fourth-order valence-corrected chi connectivity index (χ4v) is 2.34. The van der Waals surface area contributed by atoms with Gasteiger partial charge in [-0.25, -0.2) is 0 Å². The zero-order chi connectivity index (χ0) is 13.5. The summed E-state index contributed by atoms with van der Waals surface area (Å²) in [6.45, 7) is 4.81. The zero-order valence-electron chi connectivity index (χ0n) is 11.3. The van der Waals surface area contributed by atoms with Crippen LogP contribution >= 0.6 is 11.8 Å². The van der Waals surface area contributed by atoms with Crippen molar-refractivity contribution in [1.29, 1.82) is 0 Å². The molecule has 2 atom stereocenters. The van der Waals surface area contributed by atoms with Gasteiger partial charge in [0.25, 0.3) is 0 Å². The third kappa shape index (κ3) is 4.70. The number of nitrogens with two attached hydrogens (primary N) is 1. The first kappa shape index (κ1) is 15.1. The van der Waals surface area contributed by atoms with Crippen LogP contribution in [-0.4, -0.2) is 24.5 Å². The first-order valence-corrected chi connectivity index (χ1v) is 7.52. The second kappa shape index (κ2) is 7.44. The third-order valence-corrected chi connectivity index (χ3v) is 3.70. The first-order chi connectivity index (χ1) is 8.54. The molecule has 0 aliphatic rings. The Kier molecular flexibility index (Phi) is 6.22. The van der Waals surface area contributed by atoms with Crippen LogP contribution < -0.4 is 11.1 Å². The van der Waals surface area contributed by atoms with E-state index in [2.05, 4.69) is 18.5 Å². The molecule has 0 bridgehead atoms. The van der Waals surface area contributed by atoms with Gasteiger partial charge >= 0.3 is 0 Å². The van der Waals surface area contributed by atoms with Crippen molar-refractivity contribution in [3.05, 3.63) is 35.4 Å². The van der Waals surface area contributed by atoms with Crippen LogP contribution in [0, 0.1) is 12.8 Å². The summed E-state index contributed by atoms with van der Waals surface area (Å²) in [6.07, 6.45) is 2.07. The van der Waals surface area contributed by atoms with Crippen LogP contribution in [0.2, 0.25) is 0 Å². The molecule has 0 aromatic heterocycles. The standard InChI is InChI=1S/C14H22N2OS/c1-10-4-6-12(7-5-10)13(15)14(17)16-8-11(2)9-18-3/h4-7,11,13H,8-9,15H2,1-3H3,(H,16,17). The van der Waals surface area contributed by atoms with Crippen LogP contribution in [0.25, 0.3) is 0 Å². The Morgan fingerprint density at radius 2 is 2.00 bits per heavy atom. The molecule has 100 valence electrons. The van der Waals surface area contributed by atoms with Gasteiger partial charge in [-0.05, 0) is 30.4 Å². The molecule has 2 unspecified atom stereocenters. The lowest BCUT2D eigenvalue weighted by Crippen LogP contribution is -2.36. The third-order valence-electron chi connectivity index (χ3n) is 2.79. The van der Waals surface area contributed by atoms with Crippen molar-refractivity contribution >= 4 is 17.7 Å². The van der Waals surface area contributed by atoms with Gasteiger partial charge in [-0.3, -0.25) is 4.79 Å². The van der Waals surface area contributed by atoms with E-state index in [9.17, 15) is 4.79 Å². The molecule has 0 aliphatic heterocycles. The molecule has 4 heteroatoms. The molecule has 1 aromatic rings. The zero-order valence-corrected chi connectivity index (χ0v) is 12.1. The van der Waals surface area contributed by atoms with Crippen LogP contribution in [0.1, 0.15) is 24.1 Å². The number of benzene rings is 1. The highest BCUT2D eigenvalue weighted by Gasteiger charge is 2.15. The highest BCUT2D eigenvalue weighted by molar-refractivity contribution is 7.98. The van der Waals surface area contributed by atoms with E-state index in [-0.39, 0.29) is 5.91 Å². The fourth-order valence-electron chi connectivity index (χ4n) is 1.65. The second-order valence-corrected chi connectivity index (χ2v) is 5.60. The molecule has 0 fully saturated rings. The Morgan fingerprint density at radius 1 is 1.39 bits per heavy atom. The minimum Gasteiger partial charge on any atom is -0.354 e. The Bertz CT molecular complexity index is 378. The lowest BCUT2D eigenvalue weighted by Gasteiger charge is -2.15. The number of amides is 1. The molecule has 0 radical (unpaired) electrons.